The standard InChI is InChI=1S/C30H24N4O3/c1-20-4-5-22(15-25(20)17-28-32-14-12-26(33-28)24-3-2-13-31-18-24)16-27(35)23-8-6-21(7-9-23)19-34-29(36)10-11-30(34)37/h2-15,18H,16-17,19H2,1H3. The number of rotatable bonds is 8. The molecule has 0 fully saturated rings. The first-order chi connectivity index (χ1) is 18.0. The van der Waals surface area contributed by atoms with Crippen LogP contribution >= 0.6 is 0 Å². The number of Topliss-reactive ketones (excluding diaryl/α,β-unsaturated/α-hetero) is 1. The first-order valence-electron chi connectivity index (χ1n) is 11.9. The average molecular weight is 489 g/mol. The van der Waals surface area contributed by atoms with Gasteiger partial charge in [-0.1, -0.05) is 42.5 Å². The van der Waals surface area contributed by atoms with Gasteiger partial charge < -0.3 is 0 Å². The summed E-state index contributed by atoms with van der Waals surface area (Å²) < 4.78 is 0. The number of imide groups is 1. The number of nitrogens with zero attached hydrogens (tertiary/aromatic N) is 4. The second-order valence-electron chi connectivity index (χ2n) is 8.93. The van der Waals surface area contributed by atoms with Crippen LogP contribution in [-0.2, 0) is 29.0 Å². The van der Waals surface area contributed by atoms with Crippen LogP contribution in [-0.4, -0.2) is 37.4 Å². The minimum Gasteiger partial charge on any atom is -0.294 e. The van der Waals surface area contributed by atoms with Crippen molar-refractivity contribution in [3.8, 4) is 11.3 Å². The third-order valence-electron chi connectivity index (χ3n) is 6.31. The topological polar surface area (TPSA) is 93.1 Å². The van der Waals surface area contributed by atoms with E-state index >= 15 is 0 Å². The van der Waals surface area contributed by atoms with E-state index in [2.05, 4.69) is 9.97 Å². The highest BCUT2D eigenvalue weighted by Crippen LogP contribution is 2.19. The smallest absolute Gasteiger partial charge is 0.253 e. The Morgan fingerprint density at radius 1 is 0.892 bits per heavy atom. The van der Waals surface area contributed by atoms with Crippen LogP contribution in [0.4, 0.5) is 0 Å². The van der Waals surface area contributed by atoms with Crippen molar-refractivity contribution in [1.29, 1.82) is 0 Å². The Morgan fingerprint density at radius 2 is 1.65 bits per heavy atom. The molecule has 3 heterocycles. The van der Waals surface area contributed by atoms with Gasteiger partial charge in [-0.2, -0.15) is 0 Å². The summed E-state index contributed by atoms with van der Waals surface area (Å²) >= 11 is 0. The van der Waals surface area contributed by atoms with E-state index in [0.717, 1.165) is 33.5 Å². The molecule has 0 atom stereocenters. The zero-order valence-corrected chi connectivity index (χ0v) is 20.3. The van der Waals surface area contributed by atoms with Crippen molar-refractivity contribution in [2.24, 2.45) is 0 Å². The van der Waals surface area contributed by atoms with Crippen LogP contribution in [0, 0.1) is 6.92 Å². The van der Waals surface area contributed by atoms with Gasteiger partial charge in [0, 0.05) is 54.7 Å². The van der Waals surface area contributed by atoms with Crippen LogP contribution in [0.1, 0.15) is 38.4 Å². The molecule has 7 nitrogen and oxygen atoms in total. The largest absolute Gasteiger partial charge is 0.294 e. The predicted octanol–water partition coefficient (Wildman–Crippen LogP) is 4.29. The number of aryl methyl sites for hydroxylation is 1. The highest BCUT2D eigenvalue weighted by molar-refractivity contribution is 6.12. The maximum Gasteiger partial charge on any atom is 0.253 e. The Morgan fingerprint density at radius 3 is 2.38 bits per heavy atom. The van der Waals surface area contributed by atoms with Gasteiger partial charge in [0.25, 0.3) is 11.8 Å². The molecule has 4 aromatic rings. The van der Waals surface area contributed by atoms with Crippen LogP contribution in [0.15, 0.2) is 91.4 Å². The lowest BCUT2D eigenvalue weighted by atomic mass is 9.97. The van der Waals surface area contributed by atoms with Crippen molar-refractivity contribution < 1.29 is 14.4 Å². The SMILES string of the molecule is Cc1ccc(CC(=O)c2ccc(CN3C(=O)C=CC3=O)cc2)cc1Cc1nccc(-c2cccnc2)n1. The van der Waals surface area contributed by atoms with Crippen molar-refractivity contribution in [2.75, 3.05) is 0 Å². The van der Waals surface area contributed by atoms with E-state index < -0.39 is 0 Å². The molecule has 0 bridgehead atoms. The van der Waals surface area contributed by atoms with Gasteiger partial charge in [0.15, 0.2) is 5.78 Å². The summed E-state index contributed by atoms with van der Waals surface area (Å²) in [6.45, 7) is 2.22. The lowest BCUT2D eigenvalue weighted by molar-refractivity contribution is -0.137. The molecule has 1 aliphatic rings. The summed E-state index contributed by atoms with van der Waals surface area (Å²) in [6, 6.07) is 18.8. The number of ketones is 1. The number of hydrogen-bond acceptors (Lipinski definition) is 6. The van der Waals surface area contributed by atoms with Crippen molar-refractivity contribution >= 4 is 17.6 Å². The Kier molecular flexibility index (Phi) is 6.76. The lowest BCUT2D eigenvalue weighted by Crippen LogP contribution is -2.29. The maximum atomic E-state index is 13.0. The average Bonchev–Trinajstić information content (AvgIpc) is 3.24. The van der Waals surface area contributed by atoms with Gasteiger partial charge in [0.2, 0.25) is 0 Å². The van der Waals surface area contributed by atoms with Gasteiger partial charge >= 0.3 is 0 Å². The van der Waals surface area contributed by atoms with Gasteiger partial charge in [-0.25, -0.2) is 9.97 Å². The molecule has 37 heavy (non-hydrogen) atoms. The number of carbonyl (C=O) groups is 3. The van der Waals surface area contributed by atoms with Crippen LogP contribution in [0.25, 0.3) is 11.3 Å². The van der Waals surface area contributed by atoms with E-state index in [1.807, 2.05) is 43.3 Å². The number of pyridine rings is 1. The minimum atomic E-state index is -0.325. The van der Waals surface area contributed by atoms with Gasteiger partial charge in [-0.3, -0.25) is 24.3 Å². The molecule has 0 saturated carbocycles. The van der Waals surface area contributed by atoms with Gasteiger partial charge in [-0.05, 0) is 47.4 Å². The normalized spacial score (nSPS) is 12.8. The molecule has 0 saturated heterocycles. The third-order valence-corrected chi connectivity index (χ3v) is 6.31. The Hall–Kier alpha value is -4.78. The van der Waals surface area contributed by atoms with E-state index in [9.17, 15) is 14.4 Å². The summed E-state index contributed by atoms with van der Waals surface area (Å²) in [5.41, 5.74) is 6.21. The highest BCUT2D eigenvalue weighted by Gasteiger charge is 2.23. The Balaban J connectivity index is 1.27. The molecule has 2 amide bonds. The van der Waals surface area contributed by atoms with Crippen molar-refractivity contribution in [3.63, 3.8) is 0 Å². The Labute approximate surface area is 214 Å². The van der Waals surface area contributed by atoms with Crippen molar-refractivity contribution in [2.45, 2.75) is 26.3 Å². The summed E-state index contributed by atoms with van der Waals surface area (Å²) in [5.74, 6) is 0.0453. The molecule has 0 spiro atoms. The molecule has 5 rings (SSSR count). The van der Waals surface area contributed by atoms with E-state index in [1.165, 1.54) is 17.1 Å². The lowest BCUT2D eigenvalue weighted by Gasteiger charge is -2.14. The van der Waals surface area contributed by atoms with E-state index in [1.54, 1.807) is 42.9 Å². The molecule has 0 unspecified atom stereocenters. The molecule has 2 aromatic carbocycles. The minimum absolute atomic E-state index is 0.00818. The molecular weight excluding hydrogens is 464 g/mol. The van der Waals surface area contributed by atoms with Gasteiger partial charge in [0.05, 0.1) is 12.2 Å². The second kappa shape index (κ2) is 10.5. The Bertz CT molecular complexity index is 1490. The molecule has 0 radical (unpaired) electrons. The second-order valence-corrected chi connectivity index (χ2v) is 8.93. The molecule has 2 aromatic heterocycles. The summed E-state index contributed by atoms with van der Waals surface area (Å²) in [5, 5.41) is 0. The van der Waals surface area contributed by atoms with E-state index in [4.69, 9.17) is 4.98 Å². The van der Waals surface area contributed by atoms with Crippen LogP contribution < -0.4 is 0 Å². The fourth-order valence-corrected chi connectivity index (χ4v) is 4.21. The number of amides is 2. The summed E-state index contributed by atoms with van der Waals surface area (Å²) in [7, 11) is 0. The predicted molar refractivity (Wildman–Crippen MR) is 138 cm³/mol. The molecule has 182 valence electrons. The molecule has 0 aliphatic carbocycles. The monoisotopic (exact) mass is 488 g/mol. The fourth-order valence-electron chi connectivity index (χ4n) is 4.21. The van der Waals surface area contributed by atoms with Crippen molar-refractivity contribution in [3.05, 3.63) is 125 Å². The molecule has 7 heteroatoms. The summed E-state index contributed by atoms with van der Waals surface area (Å²) in [6.07, 6.45) is 8.60. The van der Waals surface area contributed by atoms with Crippen LogP contribution in [0.2, 0.25) is 0 Å². The van der Waals surface area contributed by atoms with Crippen LogP contribution in [0.3, 0.4) is 0 Å². The number of carbonyl (C=O) groups excluding carboxylic acids is 3. The third kappa shape index (κ3) is 5.56. The van der Waals surface area contributed by atoms with Gasteiger partial charge in [0.1, 0.15) is 5.82 Å². The number of benzene rings is 2. The van der Waals surface area contributed by atoms with Gasteiger partial charge in [-0.15, -0.1) is 0 Å². The number of hydrogen-bond donors (Lipinski definition) is 0. The van der Waals surface area contributed by atoms with Crippen LogP contribution in [0.5, 0.6) is 0 Å². The molecule has 0 N–H and O–H groups in total. The van der Waals surface area contributed by atoms with E-state index in [-0.39, 0.29) is 30.6 Å². The molecule has 1 aliphatic heterocycles. The summed E-state index contributed by atoms with van der Waals surface area (Å²) in [4.78, 5) is 51.0. The van der Waals surface area contributed by atoms with Crippen molar-refractivity contribution in [1.82, 2.24) is 19.9 Å². The quantitative estimate of drug-likeness (QED) is 0.271. The number of aromatic nitrogens is 3. The maximum absolute atomic E-state index is 13.0. The first-order valence-corrected chi connectivity index (χ1v) is 11.9. The molecular formula is C30H24N4O3. The zero-order chi connectivity index (χ0) is 25.8. The first kappa shape index (κ1) is 23.9. The van der Waals surface area contributed by atoms with E-state index in [0.29, 0.717) is 17.8 Å². The highest BCUT2D eigenvalue weighted by atomic mass is 16.2. The zero-order valence-electron chi connectivity index (χ0n) is 20.3. The fraction of sp³-hybridized carbons (Fsp3) is 0.133.